The Morgan fingerprint density at radius 2 is 2.00 bits per heavy atom. The predicted octanol–water partition coefficient (Wildman–Crippen LogP) is 2.92. The number of esters is 1. The molecule has 1 unspecified atom stereocenters. The van der Waals surface area contributed by atoms with Gasteiger partial charge in [0.2, 0.25) is 0 Å². The summed E-state index contributed by atoms with van der Waals surface area (Å²) in [6, 6.07) is 9.22. The van der Waals surface area contributed by atoms with Gasteiger partial charge in [0.25, 0.3) is 0 Å². The molecule has 0 N–H and O–H groups in total. The number of benzene rings is 1. The van der Waals surface area contributed by atoms with Crippen molar-refractivity contribution in [3.05, 3.63) is 53.8 Å². The second kappa shape index (κ2) is 9.24. The molecule has 0 aliphatic carbocycles. The summed E-state index contributed by atoms with van der Waals surface area (Å²) < 4.78 is 10.1. The monoisotopic (exact) mass is 327 g/mol. The maximum atomic E-state index is 12.5. The van der Waals surface area contributed by atoms with Gasteiger partial charge in [-0.25, -0.2) is 9.59 Å². The van der Waals surface area contributed by atoms with Crippen molar-refractivity contribution >= 4 is 12.1 Å². The Balaban J connectivity index is 3.04. The van der Waals surface area contributed by atoms with Crippen molar-refractivity contribution < 1.29 is 19.1 Å². The molecule has 0 fully saturated rings. The fourth-order valence-electron chi connectivity index (χ4n) is 2.01. The van der Waals surface area contributed by atoms with Gasteiger partial charge in [-0.05, 0) is 31.6 Å². The fourth-order valence-corrected chi connectivity index (χ4v) is 2.01. The first-order valence-corrected chi connectivity index (χ1v) is 7.38. The molecule has 1 amide bonds. The van der Waals surface area contributed by atoms with Crippen LogP contribution in [-0.2, 0) is 20.9 Å². The number of carbonyl (C=O) groups excluding carboxylic acids is 2. The van der Waals surface area contributed by atoms with E-state index >= 15 is 0 Å². The number of terminal acetylenes is 1. The van der Waals surface area contributed by atoms with Crippen molar-refractivity contribution in [1.29, 1.82) is 0 Å². The molecule has 5 nitrogen and oxygen atoms in total. The molecule has 1 atom stereocenters. The zero-order valence-corrected chi connectivity index (χ0v) is 14.1. The number of nitrogens with zero attached hydrogens (tertiary/aromatic N) is 1. The molecule has 0 bridgehead atoms. The SMILES string of the molecule is C#CCN(C(=O)OCc1ccccc1)C(C)(C=C=CC)C(=O)OC. The van der Waals surface area contributed by atoms with Gasteiger partial charge in [0, 0.05) is 0 Å². The van der Waals surface area contributed by atoms with Crippen LogP contribution in [0.2, 0.25) is 0 Å². The van der Waals surface area contributed by atoms with Crippen LogP contribution in [0.15, 0.2) is 48.2 Å². The van der Waals surface area contributed by atoms with Crippen LogP contribution < -0.4 is 0 Å². The van der Waals surface area contributed by atoms with Gasteiger partial charge in [-0.1, -0.05) is 36.3 Å². The van der Waals surface area contributed by atoms with E-state index in [4.69, 9.17) is 15.9 Å². The van der Waals surface area contributed by atoms with E-state index in [1.165, 1.54) is 20.1 Å². The summed E-state index contributed by atoms with van der Waals surface area (Å²) in [5.74, 6) is 1.73. The molecule has 0 saturated carbocycles. The predicted molar refractivity (Wildman–Crippen MR) is 90.9 cm³/mol. The minimum atomic E-state index is -1.42. The average molecular weight is 327 g/mol. The molecule has 0 saturated heterocycles. The van der Waals surface area contributed by atoms with Crippen LogP contribution in [0.25, 0.3) is 0 Å². The first kappa shape index (κ1) is 19.1. The first-order chi connectivity index (χ1) is 11.5. The third-order valence-corrected chi connectivity index (χ3v) is 3.37. The van der Waals surface area contributed by atoms with Crippen LogP contribution in [0.3, 0.4) is 0 Å². The Kier molecular flexibility index (Phi) is 7.35. The second-order valence-electron chi connectivity index (χ2n) is 5.07. The van der Waals surface area contributed by atoms with Gasteiger partial charge < -0.3 is 9.47 Å². The minimum absolute atomic E-state index is 0.0747. The number of rotatable bonds is 6. The van der Waals surface area contributed by atoms with Crippen LogP contribution in [0.4, 0.5) is 4.79 Å². The number of amides is 1. The van der Waals surface area contributed by atoms with E-state index in [1.807, 2.05) is 30.3 Å². The Morgan fingerprint density at radius 3 is 2.54 bits per heavy atom. The number of hydrogen-bond acceptors (Lipinski definition) is 4. The molecule has 0 aromatic heterocycles. The molecule has 1 rings (SSSR count). The third-order valence-electron chi connectivity index (χ3n) is 3.37. The molecule has 126 valence electrons. The lowest BCUT2D eigenvalue weighted by Gasteiger charge is -2.34. The lowest BCUT2D eigenvalue weighted by atomic mass is 10.00. The summed E-state index contributed by atoms with van der Waals surface area (Å²) in [6.07, 6.45) is 7.68. The topological polar surface area (TPSA) is 55.8 Å². The van der Waals surface area contributed by atoms with Crippen molar-refractivity contribution in [3.63, 3.8) is 0 Å². The van der Waals surface area contributed by atoms with E-state index in [0.29, 0.717) is 0 Å². The maximum absolute atomic E-state index is 12.5. The van der Waals surface area contributed by atoms with Gasteiger partial charge in [-0.15, -0.1) is 12.2 Å². The third kappa shape index (κ3) is 4.77. The number of ether oxygens (including phenoxy) is 2. The molecule has 0 radical (unpaired) electrons. The summed E-state index contributed by atoms with van der Waals surface area (Å²) in [7, 11) is 1.24. The van der Waals surface area contributed by atoms with E-state index in [2.05, 4.69) is 11.7 Å². The summed E-state index contributed by atoms with van der Waals surface area (Å²) in [5.41, 5.74) is 2.22. The van der Waals surface area contributed by atoms with E-state index in [9.17, 15) is 9.59 Å². The highest BCUT2D eigenvalue weighted by molar-refractivity contribution is 5.87. The molecule has 5 heteroatoms. The second-order valence-corrected chi connectivity index (χ2v) is 5.07. The van der Waals surface area contributed by atoms with Gasteiger partial charge in [0.15, 0.2) is 5.54 Å². The molecular weight excluding hydrogens is 306 g/mol. The first-order valence-electron chi connectivity index (χ1n) is 7.38. The molecule has 0 aliphatic rings. The number of carbonyl (C=O) groups is 2. The van der Waals surface area contributed by atoms with Crippen molar-refractivity contribution in [2.45, 2.75) is 26.0 Å². The summed E-state index contributed by atoms with van der Waals surface area (Å²) >= 11 is 0. The molecule has 0 aliphatic heterocycles. The quantitative estimate of drug-likeness (QED) is 0.458. The van der Waals surface area contributed by atoms with Crippen LogP contribution >= 0.6 is 0 Å². The normalized spacial score (nSPS) is 11.9. The van der Waals surface area contributed by atoms with Crippen molar-refractivity contribution in [3.8, 4) is 12.3 Å². The molecule has 1 aromatic carbocycles. The zero-order chi connectivity index (χ0) is 18.0. The Bertz CT molecular complexity index is 664. The van der Waals surface area contributed by atoms with Gasteiger partial charge in [0.1, 0.15) is 6.61 Å². The van der Waals surface area contributed by atoms with Crippen molar-refractivity contribution in [2.75, 3.05) is 13.7 Å². The lowest BCUT2D eigenvalue weighted by Crippen LogP contribution is -2.54. The van der Waals surface area contributed by atoms with Gasteiger partial charge in [-0.3, -0.25) is 4.90 Å². The maximum Gasteiger partial charge on any atom is 0.412 e. The van der Waals surface area contributed by atoms with Crippen LogP contribution in [-0.4, -0.2) is 36.2 Å². The number of methoxy groups -OCH3 is 1. The van der Waals surface area contributed by atoms with E-state index in [1.54, 1.807) is 13.0 Å². The number of hydrogen-bond donors (Lipinski definition) is 0. The van der Waals surface area contributed by atoms with E-state index < -0.39 is 17.6 Å². The molecule has 0 spiro atoms. The largest absolute Gasteiger partial charge is 0.467 e. The minimum Gasteiger partial charge on any atom is -0.467 e. The Morgan fingerprint density at radius 1 is 1.33 bits per heavy atom. The lowest BCUT2D eigenvalue weighted by molar-refractivity contribution is -0.150. The van der Waals surface area contributed by atoms with Crippen LogP contribution in [0.5, 0.6) is 0 Å². The Labute approximate surface area is 142 Å². The van der Waals surface area contributed by atoms with Gasteiger partial charge in [0.05, 0.1) is 13.7 Å². The standard InChI is InChI=1S/C19H21NO4/c1-5-7-13-19(3,17(21)23-4)20(14-6-2)18(22)24-15-16-11-9-8-10-12-16/h2,5,8-13H,14-15H2,1,3-4H3. The van der Waals surface area contributed by atoms with Crippen LogP contribution in [0.1, 0.15) is 19.4 Å². The zero-order valence-electron chi connectivity index (χ0n) is 14.1. The van der Waals surface area contributed by atoms with E-state index in [0.717, 1.165) is 10.5 Å². The highest BCUT2D eigenvalue weighted by Gasteiger charge is 2.42. The van der Waals surface area contributed by atoms with Gasteiger partial charge >= 0.3 is 12.1 Å². The molecule has 0 heterocycles. The highest BCUT2D eigenvalue weighted by atomic mass is 16.6. The summed E-state index contributed by atoms with van der Waals surface area (Å²) in [6.45, 7) is 3.23. The van der Waals surface area contributed by atoms with Gasteiger partial charge in [-0.2, -0.15) is 0 Å². The van der Waals surface area contributed by atoms with Crippen molar-refractivity contribution in [2.24, 2.45) is 0 Å². The van der Waals surface area contributed by atoms with E-state index in [-0.39, 0.29) is 13.2 Å². The highest BCUT2D eigenvalue weighted by Crippen LogP contribution is 2.20. The van der Waals surface area contributed by atoms with Crippen molar-refractivity contribution in [1.82, 2.24) is 4.90 Å². The molecule has 24 heavy (non-hydrogen) atoms. The molecular formula is C19H21NO4. The Hall–Kier alpha value is -2.96. The summed E-state index contributed by atoms with van der Waals surface area (Å²) in [5, 5.41) is 0. The summed E-state index contributed by atoms with van der Waals surface area (Å²) in [4.78, 5) is 25.8. The smallest absolute Gasteiger partial charge is 0.412 e. The van der Waals surface area contributed by atoms with Crippen LogP contribution in [0, 0.1) is 12.3 Å². The fraction of sp³-hybridized carbons (Fsp3) is 0.316. The molecule has 1 aromatic rings. The average Bonchev–Trinajstić information content (AvgIpc) is 2.62.